The maximum Gasteiger partial charge on any atom is 0.317 e. The Morgan fingerprint density at radius 1 is 1.62 bits per heavy atom. The molecule has 2 amide bonds. The van der Waals surface area contributed by atoms with Crippen molar-refractivity contribution in [3.05, 3.63) is 0 Å². The molecule has 0 aliphatic carbocycles. The summed E-state index contributed by atoms with van der Waals surface area (Å²) in [6.07, 6.45) is 0. The molecule has 78 valence electrons. The Morgan fingerprint density at radius 2 is 2.08 bits per heavy atom. The Kier molecular flexibility index (Phi) is 4.20. The first-order valence-electron chi connectivity index (χ1n) is 4.60. The largest absolute Gasteiger partial charge is 0.332 e. The van der Waals surface area contributed by atoms with Gasteiger partial charge in [0.1, 0.15) is 0 Å². The zero-order valence-corrected chi connectivity index (χ0v) is 9.22. The molecular weight excluding hydrogens is 166 g/mol. The van der Waals surface area contributed by atoms with E-state index in [9.17, 15) is 4.79 Å². The Morgan fingerprint density at radius 3 is 2.38 bits per heavy atom. The van der Waals surface area contributed by atoms with Crippen molar-refractivity contribution in [3.8, 4) is 0 Å². The summed E-state index contributed by atoms with van der Waals surface area (Å²) in [4.78, 5) is 13.1. The van der Waals surface area contributed by atoms with E-state index in [4.69, 9.17) is 5.73 Å². The van der Waals surface area contributed by atoms with Gasteiger partial charge in [-0.05, 0) is 27.7 Å². The van der Waals surface area contributed by atoms with Gasteiger partial charge in [0.2, 0.25) is 0 Å². The lowest BCUT2D eigenvalue weighted by Gasteiger charge is -2.32. The number of urea groups is 1. The number of nitrogens with two attached hydrogens (primary N) is 1. The monoisotopic (exact) mass is 187 g/mol. The third kappa shape index (κ3) is 3.63. The van der Waals surface area contributed by atoms with Gasteiger partial charge >= 0.3 is 6.03 Å². The molecule has 0 aromatic carbocycles. The summed E-state index contributed by atoms with van der Waals surface area (Å²) in [6.45, 7) is 8.34. The van der Waals surface area contributed by atoms with Gasteiger partial charge in [-0.15, -0.1) is 0 Å². The van der Waals surface area contributed by atoms with E-state index < -0.39 is 0 Å². The van der Waals surface area contributed by atoms with Crippen molar-refractivity contribution in [2.75, 3.05) is 13.6 Å². The van der Waals surface area contributed by atoms with Crippen LogP contribution < -0.4 is 11.1 Å². The average molecular weight is 187 g/mol. The van der Waals surface area contributed by atoms with Crippen LogP contribution in [0.1, 0.15) is 27.7 Å². The van der Waals surface area contributed by atoms with Gasteiger partial charge in [0.15, 0.2) is 0 Å². The number of nitrogens with zero attached hydrogens (tertiary/aromatic N) is 1. The van der Waals surface area contributed by atoms with Gasteiger partial charge in [-0.25, -0.2) is 4.79 Å². The summed E-state index contributed by atoms with van der Waals surface area (Å²) >= 11 is 0. The third-order valence-electron chi connectivity index (χ3n) is 2.39. The fourth-order valence-electron chi connectivity index (χ4n) is 0.628. The number of amides is 2. The molecule has 4 heteroatoms. The van der Waals surface area contributed by atoms with E-state index in [2.05, 4.69) is 5.32 Å². The van der Waals surface area contributed by atoms with E-state index in [0.717, 1.165) is 0 Å². The number of carbonyl (C=O) groups excluding carboxylic acids is 1. The minimum absolute atomic E-state index is 0.0679. The molecule has 0 aliphatic rings. The lowest BCUT2D eigenvalue weighted by molar-refractivity contribution is 0.195. The van der Waals surface area contributed by atoms with Gasteiger partial charge in [-0.1, -0.05) is 0 Å². The van der Waals surface area contributed by atoms with Crippen LogP contribution in [0, 0.1) is 0 Å². The third-order valence-corrected chi connectivity index (χ3v) is 2.39. The van der Waals surface area contributed by atoms with Crippen molar-refractivity contribution in [2.24, 2.45) is 5.73 Å². The Hall–Kier alpha value is -0.770. The molecule has 0 spiro atoms. The number of hydrogen-bond acceptors (Lipinski definition) is 2. The molecule has 0 saturated heterocycles. The van der Waals surface area contributed by atoms with Crippen molar-refractivity contribution >= 4 is 6.03 Å². The zero-order valence-electron chi connectivity index (χ0n) is 9.22. The number of hydrogen-bond donors (Lipinski definition) is 2. The molecular formula is C9H21N3O. The average Bonchev–Trinajstić information content (AvgIpc) is 2.01. The topological polar surface area (TPSA) is 58.4 Å². The van der Waals surface area contributed by atoms with Crippen LogP contribution >= 0.6 is 0 Å². The fourth-order valence-corrected chi connectivity index (χ4v) is 0.628. The van der Waals surface area contributed by atoms with Gasteiger partial charge < -0.3 is 16.0 Å². The van der Waals surface area contributed by atoms with Crippen LogP contribution in [0.25, 0.3) is 0 Å². The molecule has 0 aromatic heterocycles. The van der Waals surface area contributed by atoms with Crippen LogP contribution in [0.5, 0.6) is 0 Å². The predicted octanol–water partition coefficient (Wildman–Crippen LogP) is 0.773. The van der Waals surface area contributed by atoms with Crippen molar-refractivity contribution in [2.45, 2.75) is 39.3 Å². The Labute approximate surface area is 80.5 Å². The molecule has 0 bridgehead atoms. The quantitative estimate of drug-likeness (QED) is 0.685. The molecule has 0 saturated carbocycles. The second-order valence-electron chi connectivity index (χ2n) is 3.95. The van der Waals surface area contributed by atoms with Crippen molar-refractivity contribution in [1.82, 2.24) is 10.2 Å². The van der Waals surface area contributed by atoms with E-state index in [0.29, 0.717) is 6.54 Å². The number of carbonyl (C=O) groups is 1. The molecule has 0 radical (unpaired) electrons. The number of rotatable bonds is 3. The second-order valence-corrected chi connectivity index (χ2v) is 3.95. The summed E-state index contributed by atoms with van der Waals surface area (Å²) < 4.78 is 0. The Bertz CT molecular complexity index is 178. The minimum Gasteiger partial charge on any atom is -0.332 e. The highest BCUT2D eigenvalue weighted by atomic mass is 16.2. The van der Waals surface area contributed by atoms with E-state index in [1.165, 1.54) is 0 Å². The zero-order chi connectivity index (χ0) is 10.6. The molecule has 0 rings (SSSR count). The first kappa shape index (κ1) is 12.2. The maximum absolute atomic E-state index is 11.5. The maximum atomic E-state index is 11.5. The van der Waals surface area contributed by atoms with Gasteiger partial charge in [0.05, 0.1) is 5.54 Å². The molecule has 4 nitrogen and oxygen atoms in total. The van der Waals surface area contributed by atoms with Gasteiger partial charge in [0, 0.05) is 19.6 Å². The minimum atomic E-state index is -0.361. The summed E-state index contributed by atoms with van der Waals surface area (Å²) in [5.41, 5.74) is 5.37. The molecule has 1 atom stereocenters. The smallest absolute Gasteiger partial charge is 0.317 e. The van der Waals surface area contributed by atoms with Crippen molar-refractivity contribution in [1.29, 1.82) is 0 Å². The molecule has 0 heterocycles. The first-order chi connectivity index (χ1) is 5.81. The van der Waals surface area contributed by atoms with Crippen LogP contribution in [0.15, 0.2) is 0 Å². The Balaban J connectivity index is 4.19. The van der Waals surface area contributed by atoms with Gasteiger partial charge in [-0.3, -0.25) is 0 Å². The summed E-state index contributed by atoms with van der Waals surface area (Å²) in [5, 5.41) is 2.87. The highest BCUT2D eigenvalue weighted by Gasteiger charge is 2.25. The lowest BCUT2D eigenvalue weighted by Crippen LogP contribution is -2.57. The molecule has 0 fully saturated rings. The van der Waals surface area contributed by atoms with E-state index in [1.54, 1.807) is 11.9 Å². The molecule has 0 aromatic rings. The predicted molar refractivity (Wildman–Crippen MR) is 54.6 cm³/mol. The summed E-state index contributed by atoms with van der Waals surface area (Å²) in [6, 6.07) is -0.147. The standard InChI is InChI=1S/C9H21N3O/c1-6-12(5)8(13)11-9(3,4)7(2)10/h7H,6,10H2,1-5H3,(H,11,13). The van der Waals surface area contributed by atoms with E-state index in [-0.39, 0.29) is 17.6 Å². The second kappa shape index (κ2) is 4.46. The van der Waals surface area contributed by atoms with Crippen LogP contribution in [0.4, 0.5) is 4.79 Å². The fraction of sp³-hybridized carbons (Fsp3) is 0.889. The SMILES string of the molecule is CCN(C)C(=O)NC(C)(C)C(C)N. The van der Waals surface area contributed by atoms with Gasteiger partial charge in [0.25, 0.3) is 0 Å². The van der Waals surface area contributed by atoms with E-state index in [1.807, 2.05) is 27.7 Å². The highest BCUT2D eigenvalue weighted by Crippen LogP contribution is 2.06. The van der Waals surface area contributed by atoms with Crippen LogP contribution in [0.3, 0.4) is 0 Å². The van der Waals surface area contributed by atoms with Crippen LogP contribution in [-0.2, 0) is 0 Å². The summed E-state index contributed by atoms with van der Waals surface area (Å²) in [5.74, 6) is 0. The van der Waals surface area contributed by atoms with E-state index >= 15 is 0 Å². The van der Waals surface area contributed by atoms with Gasteiger partial charge in [-0.2, -0.15) is 0 Å². The lowest BCUT2D eigenvalue weighted by atomic mass is 9.97. The van der Waals surface area contributed by atoms with Crippen molar-refractivity contribution < 1.29 is 4.79 Å². The first-order valence-corrected chi connectivity index (χ1v) is 4.60. The molecule has 1 unspecified atom stereocenters. The molecule has 13 heavy (non-hydrogen) atoms. The molecule has 3 N–H and O–H groups in total. The summed E-state index contributed by atoms with van der Waals surface area (Å²) in [7, 11) is 1.76. The molecule has 0 aliphatic heterocycles. The highest BCUT2D eigenvalue weighted by molar-refractivity contribution is 5.74. The number of nitrogens with one attached hydrogen (secondary N) is 1. The van der Waals surface area contributed by atoms with Crippen molar-refractivity contribution in [3.63, 3.8) is 0 Å². The van der Waals surface area contributed by atoms with Crippen LogP contribution in [-0.4, -0.2) is 36.1 Å². The van der Waals surface area contributed by atoms with Crippen LogP contribution in [0.2, 0.25) is 0 Å². The normalized spacial score (nSPS) is 13.7.